The third-order valence-electron chi connectivity index (χ3n) is 4.63. The molecule has 37 heavy (non-hydrogen) atoms. The molecule has 13 heteroatoms. The molecule has 0 saturated carbocycles. The number of carboxylic acids is 2. The van der Waals surface area contributed by atoms with Gasteiger partial charge in [0, 0.05) is 16.0 Å². The Bertz CT molecular complexity index is 1360. The number of carbonyl (C=O) groups excluding carboxylic acids is 3. The lowest BCUT2D eigenvalue weighted by Crippen LogP contribution is -2.17. The van der Waals surface area contributed by atoms with Gasteiger partial charge in [0.05, 0.1) is 41.2 Å². The van der Waals surface area contributed by atoms with Gasteiger partial charge in [0.15, 0.2) is 5.13 Å². The number of amides is 2. The van der Waals surface area contributed by atoms with E-state index in [-0.39, 0.29) is 35.8 Å². The molecule has 0 spiro atoms. The predicted octanol–water partition coefficient (Wildman–Crippen LogP) is 3.63. The average Bonchev–Trinajstić information content (AvgIpc) is 3.28. The normalized spacial score (nSPS) is 10.4. The largest absolute Gasteiger partial charge is 0.478 e. The van der Waals surface area contributed by atoms with E-state index in [2.05, 4.69) is 15.6 Å². The molecule has 2 amide bonds. The standard InChI is InChI=1S/C24H21N3O8S2/c1-2-35-20(29)10-15-11-37-24(26-15)27-19(28)12-36-16-5-3-4-14(9-16)25-21(30)17-7-6-13(22(31)32)8-18(17)23(33)34/h3-9,11H,2,10,12H2,1H3,(H,25,30)(H,31,32)(H,33,34)(H,26,27,28). The molecule has 0 radical (unpaired) electrons. The van der Waals surface area contributed by atoms with Gasteiger partial charge in [-0.05, 0) is 43.3 Å². The molecule has 0 saturated heterocycles. The number of nitrogens with one attached hydrogen (secondary N) is 2. The van der Waals surface area contributed by atoms with Crippen LogP contribution in [0.1, 0.15) is 43.7 Å². The van der Waals surface area contributed by atoms with Gasteiger partial charge in [-0.3, -0.25) is 14.4 Å². The molecule has 0 aliphatic heterocycles. The fourth-order valence-electron chi connectivity index (χ4n) is 3.02. The van der Waals surface area contributed by atoms with Gasteiger partial charge in [-0.15, -0.1) is 23.1 Å². The van der Waals surface area contributed by atoms with Gasteiger partial charge in [-0.1, -0.05) is 6.07 Å². The first-order valence-corrected chi connectivity index (χ1v) is 12.6. The van der Waals surface area contributed by atoms with Crippen molar-refractivity contribution in [3.63, 3.8) is 0 Å². The van der Waals surface area contributed by atoms with Crippen molar-refractivity contribution in [2.24, 2.45) is 0 Å². The van der Waals surface area contributed by atoms with Crippen molar-refractivity contribution in [3.8, 4) is 0 Å². The van der Waals surface area contributed by atoms with Crippen LogP contribution in [0, 0.1) is 0 Å². The summed E-state index contributed by atoms with van der Waals surface area (Å²) in [6, 6.07) is 9.81. The maximum Gasteiger partial charge on any atom is 0.336 e. The number of thiazole rings is 1. The maximum atomic E-state index is 12.7. The topological polar surface area (TPSA) is 172 Å². The van der Waals surface area contributed by atoms with Crippen molar-refractivity contribution in [2.75, 3.05) is 23.0 Å². The van der Waals surface area contributed by atoms with Crippen LogP contribution in [0.2, 0.25) is 0 Å². The van der Waals surface area contributed by atoms with Crippen molar-refractivity contribution in [2.45, 2.75) is 18.2 Å². The highest BCUT2D eigenvalue weighted by Crippen LogP contribution is 2.24. The van der Waals surface area contributed by atoms with Crippen LogP contribution in [0.15, 0.2) is 52.7 Å². The Hall–Kier alpha value is -4.23. The van der Waals surface area contributed by atoms with E-state index >= 15 is 0 Å². The van der Waals surface area contributed by atoms with E-state index < -0.39 is 29.4 Å². The number of ether oxygens (including phenoxy) is 1. The van der Waals surface area contributed by atoms with Crippen molar-refractivity contribution >= 4 is 63.6 Å². The first-order valence-electron chi connectivity index (χ1n) is 10.7. The van der Waals surface area contributed by atoms with Gasteiger partial charge in [-0.2, -0.15) is 0 Å². The minimum atomic E-state index is -1.43. The van der Waals surface area contributed by atoms with E-state index in [1.807, 2.05) is 0 Å². The van der Waals surface area contributed by atoms with E-state index in [4.69, 9.17) is 9.84 Å². The molecule has 0 aliphatic carbocycles. The van der Waals surface area contributed by atoms with Gasteiger partial charge in [-0.25, -0.2) is 14.6 Å². The van der Waals surface area contributed by atoms with Crippen LogP contribution in [0.5, 0.6) is 0 Å². The van der Waals surface area contributed by atoms with Crippen LogP contribution < -0.4 is 10.6 Å². The maximum absolute atomic E-state index is 12.7. The zero-order chi connectivity index (χ0) is 26.9. The van der Waals surface area contributed by atoms with Crippen LogP contribution >= 0.6 is 23.1 Å². The smallest absolute Gasteiger partial charge is 0.336 e. The Morgan fingerprint density at radius 1 is 1.00 bits per heavy atom. The summed E-state index contributed by atoms with van der Waals surface area (Å²) in [4.78, 5) is 64.0. The molecule has 2 aromatic carbocycles. The SMILES string of the molecule is CCOC(=O)Cc1csc(NC(=O)CSc2cccc(NC(=O)c3ccc(C(=O)O)cc3C(=O)O)c2)n1. The number of thioether (sulfide) groups is 1. The molecule has 0 aliphatic rings. The molecule has 3 rings (SSSR count). The number of carboxylic acid groups (broad SMARTS) is 2. The molecule has 192 valence electrons. The number of rotatable bonds is 11. The number of aromatic nitrogens is 1. The second-order valence-electron chi connectivity index (χ2n) is 7.32. The minimum Gasteiger partial charge on any atom is -0.478 e. The third kappa shape index (κ3) is 7.88. The van der Waals surface area contributed by atoms with Gasteiger partial charge in [0.2, 0.25) is 5.91 Å². The Morgan fingerprint density at radius 2 is 1.78 bits per heavy atom. The molecule has 4 N–H and O–H groups in total. The van der Waals surface area contributed by atoms with Crippen molar-refractivity contribution in [1.29, 1.82) is 0 Å². The van der Waals surface area contributed by atoms with Gasteiger partial charge in [0.1, 0.15) is 0 Å². The molecular weight excluding hydrogens is 522 g/mol. The summed E-state index contributed by atoms with van der Waals surface area (Å²) in [5.41, 5.74) is -0.0254. The lowest BCUT2D eigenvalue weighted by Gasteiger charge is -2.10. The molecule has 1 heterocycles. The van der Waals surface area contributed by atoms with Crippen LogP contribution in [0.25, 0.3) is 0 Å². The molecular formula is C24H21N3O8S2. The van der Waals surface area contributed by atoms with Crippen molar-refractivity contribution < 1.29 is 38.9 Å². The Labute approximate surface area is 218 Å². The second kappa shape index (κ2) is 12.6. The molecule has 1 aromatic heterocycles. The number of nitrogens with zero attached hydrogens (tertiary/aromatic N) is 1. The van der Waals surface area contributed by atoms with Crippen LogP contribution in [-0.2, 0) is 20.7 Å². The zero-order valence-corrected chi connectivity index (χ0v) is 21.0. The number of anilines is 2. The van der Waals surface area contributed by atoms with Gasteiger partial charge >= 0.3 is 17.9 Å². The summed E-state index contributed by atoms with van der Waals surface area (Å²) < 4.78 is 4.87. The fourth-order valence-corrected chi connectivity index (χ4v) is 4.51. The summed E-state index contributed by atoms with van der Waals surface area (Å²) in [5, 5.41) is 25.7. The number of carbonyl (C=O) groups is 5. The zero-order valence-electron chi connectivity index (χ0n) is 19.3. The first-order chi connectivity index (χ1) is 17.7. The Morgan fingerprint density at radius 3 is 2.49 bits per heavy atom. The summed E-state index contributed by atoms with van der Waals surface area (Å²) in [6.07, 6.45) is 0.0190. The summed E-state index contributed by atoms with van der Waals surface area (Å²) >= 11 is 2.39. The lowest BCUT2D eigenvalue weighted by molar-refractivity contribution is -0.142. The molecule has 0 fully saturated rings. The highest BCUT2D eigenvalue weighted by atomic mass is 32.2. The number of benzene rings is 2. The highest BCUT2D eigenvalue weighted by molar-refractivity contribution is 8.00. The Balaban J connectivity index is 1.59. The van der Waals surface area contributed by atoms with E-state index in [0.717, 1.165) is 18.2 Å². The number of hydrogen-bond donors (Lipinski definition) is 4. The monoisotopic (exact) mass is 543 g/mol. The number of esters is 1. The molecule has 0 bridgehead atoms. The molecule has 11 nitrogen and oxygen atoms in total. The quantitative estimate of drug-likeness (QED) is 0.207. The van der Waals surface area contributed by atoms with E-state index in [9.17, 15) is 29.1 Å². The summed E-state index contributed by atoms with van der Waals surface area (Å²) in [5.74, 6) is -4.14. The van der Waals surface area contributed by atoms with Gasteiger partial charge in [0.25, 0.3) is 5.91 Å². The summed E-state index contributed by atoms with van der Waals surface area (Å²) in [7, 11) is 0. The highest BCUT2D eigenvalue weighted by Gasteiger charge is 2.19. The molecule has 0 atom stereocenters. The predicted molar refractivity (Wildman–Crippen MR) is 137 cm³/mol. The lowest BCUT2D eigenvalue weighted by atomic mass is 10.0. The minimum absolute atomic E-state index is 0.0190. The number of hydrogen-bond acceptors (Lipinski definition) is 9. The third-order valence-corrected chi connectivity index (χ3v) is 6.43. The van der Waals surface area contributed by atoms with Crippen molar-refractivity contribution in [1.82, 2.24) is 4.98 Å². The fraction of sp³-hybridized carbons (Fsp3) is 0.167. The number of aromatic carboxylic acids is 2. The van der Waals surface area contributed by atoms with Crippen LogP contribution in [0.4, 0.5) is 10.8 Å². The van der Waals surface area contributed by atoms with Crippen LogP contribution in [-0.4, -0.2) is 57.3 Å². The van der Waals surface area contributed by atoms with Crippen molar-refractivity contribution in [3.05, 3.63) is 70.2 Å². The second-order valence-corrected chi connectivity index (χ2v) is 9.22. The average molecular weight is 544 g/mol. The van der Waals surface area contributed by atoms with E-state index in [1.165, 1.54) is 23.1 Å². The molecule has 3 aromatic rings. The van der Waals surface area contributed by atoms with E-state index in [0.29, 0.717) is 21.4 Å². The van der Waals surface area contributed by atoms with E-state index in [1.54, 1.807) is 36.6 Å². The first kappa shape index (κ1) is 27.4. The summed E-state index contributed by atoms with van der Waals surface area (Å²) in [6.45, 7) is 1.99. The van der Waals surface area contributed by atoms with Crippen LogP contribution in [0.3, 0.4) is 0 Å². The Kier molecular flexibility index (Phi) is 9.35. The van der Waals surface area contributed by atoms with Gasteiger partial charge < -0.3 is 25.6 Å². The molecule has 0 unspecified atom stereocenters.